The Labute approximate surface area is 192 Å². The van der Waals surface area contributed by atoms with Gasteiger partial charge >= 0.3 is 0 Å². The fourth-order valence-corrected chi connectivity index (χ4v) is 3.70. The number of ether oxygens (including phenoxy) is 1. The van der Waals surface area contributed by atoms with Crippen LogP contribution in [0.15, 0.2) is 59.9 Å². The summed E-state index contributed by atoms with van der Waals surface area (Å²) in [5, 5.41) is 0.478. The number of amides is 2. The maximum Gasteiger partial charge on any atom is 0.274 e. The second kappa shape index (κ2) is 10.3. The van der Waals surface area contributed by atoms with E-state index in [2.05, 4.69) is 9.97 Å². The molecule has 2 N–H and O–H groups in total. The van der Waals surface area contributed by atoms with Gasteiger partial charge in [-0.3, -0.25) is 9.59 Å². The Morgan fingerprint density at radius 2 is 1.88 bits per heavy atom. The molecule has 3 aromatic rings. The Kier molecular flexibility index (Phi) is 7.48. The van der Waals surface area contributed by atoms with Crippen molar-refractivity contribution in [2.24, 2.45) is 5.73 Å². The minimum atomic E-state index is -1.01. The molecule has 3 rings (SSSR count). The topological polar surface area (TPSA) is 98.4 Å². The molecule has 8 heteroatoms. The fraction of sp³-hybridized carbons (Fsp3) is 0.250. The van der Waals surface area contributed by atoms with Gasteiger partial charge < -0.3 is 15.4 Å². The van der Waals surface area contributed by atoms with Gasteiger partial charge in [-0.05, 0) is 48.9 Å². The predicted octanol–water partition coefficient (Wildman–Crippen LogP) is 3.69. The minimum absolute atomic E-state index is 0.183. The van der Waals surface area contributed by atoms with Gasteiger partial charge in [-0.15, -0.1) is 0 Å². The molecule has 166 valence electrons. The quantitative estimate of drug-likeness (QED) is 0.415. The molecule has 0 bridgehead atoms. The lowest BCUT2D eigenvalue weighted by Gasteiger charge is -2.30. The van der Waals surface area contributed by atoms with E-state index in [9.17, 15) is 9.59 Å². The first kappa shape index (κ1) is 23.3. The number of nitrogens with zero attached hydrogens (tertiary/aromatic N) is 3. The highest BCUT2D eigenvalue weighted by atomic mass is 32.2. The Morgan fingerprint density at radius 1 is 1.16 bits per heavy atom. The molecule has 0 saturated heterocycles. The Balaban J connectivity index is 2.12. The third kappa shape index (κ3) is 5.26. The highest BCUT2D eigenvalue weighted by Crippen LogP contribution is 2.28. The summed E-state index contributed by atoms with van der Waals surface area (Å²) in [6.07, 6.45) is 3.45. The van der Waals surface area contributed by atoms with Gasteiger partial charge in [0.2, 0.25) is 5.91 Å². The van der Waals surface area contributed by atoms with Crippen LogP contribution in [-0.2, 0) is 11.3 Å². The number of thioether (sulfide) groups is 1. The highest BCUT2D eigenvalue weighted by Gasteiger charge is 2.32. The molecule has 0 fully saturated rings. The predicted molar refractivity (Wildman–Crippen MR) is 125 cm³/mol. The van der Waals surface area contributed by atoms with Crippen molar-refractivity contribution in [3.8, 4) is 5.75 Å². The van der Waals surface area contributed by atoms with Crippen molar-refractivity contribution in [1.29, 1.82) is 0 Å². The Morgan fingerprint density at radius 3 is 2.50 bits per heavy atom. The van der Waals surface area contributed by atoms with Crippen LogP contribution in [0.25, 0.3) is 0 Å². The van der Waals surface area contributed by atoms with Gasteiger partial charge in [0.15, 0.2) is 5.16 Å². The summed E-state index contributed by atoms with van der Waals surface area (Å²) < 4.78 is 5.31. The normalized spacial score (nSPS) is 11.6. The molecule has 0 radical (unpaired) electrons. The van der Waals surface area contributed by atoms with Gasteiger partial charge in [0.05, 0.1) is 7.11 Å². The first-order chi connectivity index (χ1) is 15.3. The van der Waals surface area contributed by atoms with Crippen LogP contribution < -0.4 is 10.5 Å². The Bertz CT molecular complexity index is 1120. The van der Waals surface area contributed by atoms with Gasteiger partial charge in [-0.1, -0.05) is 53.7 Å². The largest absolute Gasteiger partial charge is 0.497 e. The van der Waals surface area contributed by atoms with E-state index in [4.69, 9.17) is 10.5 Å². The average molecular weight is 451 g/mol. The summed E-state index contributed by atoms with van der Waals surface area (Å²) in [5.41, 5.74) is 9.23. The number of methoxy groups -OCH3 is 1. The maximum atomic E-state index is 13.8. The van der Waals surface area contributed by atoms with E-state index in [0.717, 1.165) is 11.1 Å². The molecule has 1 heterocycles. The van der Waals surface area contributed by atoms with Crippen molar-refractivity contribution in [2.45, 2.75) is 31.6 Å². The lowest BCUT2D eigenvalue weighted by molar-refractivity contribution is -0.122. The number of primary amides is 1. The molecule has 1 atom stereocenters. The van der Waals surface area contributed by atoms with E-state index in [-0.39, 0.29) is 12.2 Å². The number of benzene rings is 2. The number of carbonyl (C=O) groups excluding carboxylic acids is 2. The summed E-state index contributed by atoms with van der Waals surface area (Å²) >= 11 is 1.34. The van der Waals surface area contributed by atoms with Gasteiger partial charge in [-0.25, -0.2) is 9.97 Å². The fourth-order valence-electron chi connectivity index (χ4n) is 3.36. The van der Waals surface area contributed by atoms with Crippen LogP contribution in [0.4, 0.5) is 0 Å². The minimum Gasteiger partial charge on any atom is -0.497 e. The van der Waals surface area contributed by atoms with Crippen molar-refractivity contribution < 1.29 is 14.3 Å². The van der Waals surface area contributed by atoms with Crippen molar-refractivity contribution in [3.05, 3.63) is 82.7 Å². The molecule has 1 aromatic heterocycles. The summed E-state index contributed by atoms with van der Waals surface area (Å²) in [5.74, 6) is -0.470. The van der Waals surface area contributed by atoms with Crippen LogP contribution in [0, 0.1) is 13.8 Å². The van der Waals surface area contributed by atoms with E-state index in [1.54, 1.807) is 44.5 Å². The number of hydrogen-bond acceptors (Lipinski definition) is 6. The molecule has 0 saturated carbocycles. The number of rotatable bonds is 8. The SMILES string of the molecule is COc1cccc(C(C(N)=O)N(Cc2ccc(C)cc2)C(=O)c2nc(SC)ncc2C)c1. The zero-order valence-corrected chi connectivity index (χ0v) is 19.3. The summed E-state index contributed by atoms with van der Waals surface area (Å²) in [6.45, 7) is 3.94. The summed E-state index contributed by atoms with van der Waals surface area (Å²) in [4.78, 5) is 36.6. The zero-order valence-electron chi connectivity index (χ0n) is 18.5. The van der Waals surface area contributed by atoms with Crippen molar-refractivity contribution in [1.82, 2.24) is 14.9 Å². The van der Waals surface area contributed by atoms with E-state index in [1.165, 1.54) is 16.7 Å². The maximum absolute atomic E-state index is 13.8. The van der Waals surface area contributed by atoms with Crippen LogP contribution in [0.5, 0.6) is 5.75 Å². The lowest BCUT2D eigenvalue weighted by atomic mass is 10.0. The van der Waals surface area contributed by atoms with Crippen LogP contribution in [0.3, 0.4) is 0 Å². The number of aryl methyl sites for hydroxylation is 2. The van der Waals surface area contributed by atoms with E-state index < -0.39 is 17.9 Å². The molecule has 1 unspecified atom stereocenters. The first-order valence-electron chi connectivity index (χ1n) is 10.0. The lowest BCUT2D eigenvalue weighted by Crippen LogP contribution is -2.42. The highest BCUT2D eigenvalue weighted by molar-refractivity contribution is 7.98. The average Bonchev–Trinajstić information content (AvgIpc) is 2.80. The second-order valence-electron chi connectivity index (χ2n) is 7.39. The Hall–Kier alpha value is -3.39. The molecule has 7 nitrogen and oxygen atoms in total. The number of aromatic nitrogens is 2. The van der Waals surface area contributed by atoms with Gasteiger partial charge in [0, 0.05) is 12.7 Å². The molecular weight excluding hydrogens is 424 g/mol. The van der Waals surface area contributed by atoms with E-state index in [1.807, 2.05) is 37.4 Å². The molecule has 2 amide bonds. The van der Waals surface area contributed by atoms with Gasteiger partial charge in [0.1, 0.15) is 17.5 Å². The van der Waals surface area contributed by atoms with Crippen molar-refractivity contribution >= 4 is 23.6 Å². The molecule has 2 aromatic carbocycles. The van der Waals surface area contributed by atoms with Gasteiger partial charge in [-0.2, -0.15) is 0 Å². The van der Waals surface area contributed by atoms with E-state index in [0.29, 0.717) is 22.0 Å². The third-order valence-electron chi connectivity index (χ3n) is 5.06. The molecule has 0 aliphatic rings. The van der Waals surface area contributed by atoms with Crippen LogP contribution in [0.2, 0.25) is 0 Å². The second-order valence-corrected chi connectivity index (χ2v) is 8.16. The zero-order chi connectivity index (χ0) is 23.3. The summed E-state index contributed by atoms with van der Waals surface area (Å²) in [7, 11) is 1.54. The molecule has 0 aliphatic heterocycles. The molecule has 0 spiro atoms. The number of hydrogen-bond donors (Lipinski definition) is 1. The molecular formula is C24H26N4O3S. The first-order valence-corrected chi connectivity index (χ1v) is 11.2. The molecule has 32 heavy (non-hydrogen) atoms. The number of carbonyl (C=O) groups is 2. The number of nitrogens with two attached hydrogens (primary N) is 1. The third-order valence-corrected chi connectivity index (χ3v) is 5.62. The van der Waals surface area contributed by atoms with Crippen LogP contribution in [-0.4, -0.2) is 40.0 Å². The summed E-state index contributed by atoms with van der Waals surface area (Å²) in [6, 6.07) is 13.8. The van der Waals surface area contributed by atoms with Crippen LogP contribution in [0.1, 0.15) is 38.8 Å². The standard InChI is InChI=1S/C24H26N4O3S/c1-15-8-10-17(11-9-15)14-28(23(30)20-16(2)13-26-24(27-20)32-4)21(22(25)29)18-6-5-7-19(12-18)31-3/h5-13,21H,14H2,1-4H3,(H2,25,29). The van der Waals surface area contributed by atoms with Crippen LogP contribution >= 0.6 is 11.8 Å². The monoisotopic (exact) mass is 450 g/mol. The molecule has 0 aliphatic carbocycles. The van der Waals surface area contributed by atoms with E-state index >= 15 is 0 Å². The van der Waals surface area contributed by atoms with Crippen molar-refractivity contribution in [2.75, 3.05) is 13.4 Å². The van der Waals surface area contributed by atoms with Gasteiger partial charge in [0.25, 0.3) is 5.91 Å². The van der Waals surface area contributed by atoms with Crippen molar-refractivity contribution in [3.63, 3.8) is 0 Å². The smallest absolute Gasteiger partial charge is 0.274 e.